The minimum absolute atomic E-state index is 0.193. The normalized spacial score (nSPS) is 12.4. The van der Waals surface area contributed by atoms with Crippen LogP contribution < -0.4 is 0 Å². The van der Waals surface area contributed by atoms with Gasteiger partial charge in [-0.05, 0) is 0 Å². The van der Waals surface area contributed by atoms with Crippen LogP contribution in [-0.4, -0.2) is 84.7 Å². The molecule has 0 aromatic heterocycles. The van der Waals surface area contributed by atoms with Gasteiger partial charge in [-0.15, -0.1) is 0 Å². The Balaban J connectivity index is 4.42. The highest BCUT2D eigenvalue weighted by atomic mass is 28.4. The summed E-state index contributed by atoms with van der Waals surface area (Å²) in [6.07, 6.45) is 1.44. The van der Waals surface area contributed by atoms with Crippen LogP contribution in [0.2, 0.25) is 0 Å². The van der Waals surface area contributed by atoms with Crippen LogP contribution in [0.4, 0.5) is 0 Å². The van der Waals surface area contributed by atoms with E-state index in [0.717, 1.165) is 12.2 Å². The Morgan fingerprint density at radius 1 is 0.625 bits per heavy atom. The quantitative estimate of drug-likeness (QED) is 0.247. The average molecular weight is 384 g/mol. The van der Waals surface area contributed by atoms with Crippen LogP contribution in [0.5, 0.6) is 0 Å². The topological polar surface area (TPSA) is 108 Å². The van der Waals surface area contributed by atoms with Crippen molar-refractivity contribution in [1.29, 1.82) is 0 Å². The molecule has 24 heavy (non-hydrogen) atoms. The number of hydrogen-bond acceptors (Lipinski definition) is 10. The summed E-state index contributed by atoms with van der Waals surface area (Å²) in [7, 11) is 2.26. The van der Waals surface area contributed by atoms with Gasteiger partial charge in [-0.1, -0.05) is 0 Å². The summed E-state index contributed by atoms with van der Waals surface area (Å²) in [6.45, 7) is 0. The summed E-state index contributed by atoms with van der Waals surface area (Å²) in [5.41, 5.74) is 0. The number of hydrogen-bond donors (Lipinski definition) is 0. The second kappa shape index (κ2) is 11.4. The molecule has 10 nitrogen and oxygen atoms in total. The fourth-order valence-electron chi connectivity index (χ4n) is 1.40. The highest BCUT2D eigenvalue weighted by Crippen LogP contribution is 2.07. The molecule has 0 bridgehead atoms. The number of carbonyl (C=O) groups excluding carboxylic acids is 2. The van der Waals surface area contributed by atoms with Gasteiger partial charge in [0.2, 0.25) is 0 Å². The number of carbonyl (C=O) groups is 2. The Labute approximate surface area is 143 Å². The van der Waals surface area contributed by atoms with E-state index in [1.54, 1.807) is 0 Å². The highest BCUT2D eigenvalue weighted by molar-refractivity contribution is 6.61. The largest absolute Gasteiger partial charge is 0.539 e. The molecule has 0 aromatic rings. The molecule has 0 saturated carbocycles. The Kier molecular flexibility index (Phi) is 10.9. The van der Waals surface area contributed by atoms with Crippen LogP contribution in [0.15, 0.2) is 12.2 Å². The monoisotopic (exact) mass is 384 g/mol. The third kappa shape index (κ3) is 7.19. The minimum Gasteiger partial charge on any atom is -0.458 e. The van der Waals surface area contributed by atoms with Crippen LogP contribution >= 0.6 is 0 Å². The zero-order valence-electron chi connectivity index (χ0n) is 14.7. The smallest absolute Gasteiger partial charge is 0.458 e. The summed E-state index contributed by atoms with van der Waals surface area (Å²) < 4.78 is 40.4. The Bertz CT molecular complexity index is 366. The van der Waals surface area contributed by atoms with Crippen molar-refractivity contribution < 1.29 is 45.6 Å². The molecular weight excluding hydrogens is 360 g/mol. The highest BCUT2D eigenvalue weighted by Gasteiger charge is 2.40. The second-order valence-electron chi connectivity index (χ2n) is 4.14. The van der Waals surface area contributed by atoms with Crippen molar-refractivity contribution >= 4 is 29.5 Å². The molecule has 0 unspecified atom stereocenters. The lowest BCUT2D eigenvalue weighted by Crippen LogP contribution is -2.48. The van der Waals surface area contributed by atoms with E-state index in [4.69, 9.17) is 36.0 Å². The van der Waals surface area contributed by atoms with Gasteiger partial charge in [0.05, 0.1) is 0 Å². The molecule has 12 heteroatoms. The fourth-order valence-corrected chi connectivity index (χ4v) is 3.75. The van der Waals surface area contributed by atoms with Gasteiger partial charge in [-0.3, -0.25) is 0 Å². The molecule has 0 radical (unpaired) electrons. The van der Waals surface area contributed by atoms with E-state index >= 15 is 0 Å². The van der Waals surface area contributed by atoms with Crippen molar-refractivity contribution in [3.8, 4) is 0 Å². The van der Waals surface area contributed by atoms with Gasteiger partial charge in [0, 0.05) is 54.8 Å². The summed E-state index contributed by atoms with van der Waals surface area (Å²) in [4.78, 5) is 23.2. The van der Waals surface area contributed by atoms with Crippen LogP contribution in [0.25, 0.3) is 0 Å². The third-order valence-corrected chi connectivity index (χ3v) is 7.73. The van der Waals surface area contributed by atoms with Crippen LogP contribution in [0, 0.1) is 0 Å². The summed E-state index contributed by atoms with van der Waals surface area (Å²) >= 11 is 0. The molecule has 0 aliphatic carbocycles. The van der Waals surface area contributed by atoms with Crippen LogP contribution in [-0.2, 0) is 45.6 Å². The van der Waals surface area contributed by atoms with Crippen molar-refractivity contribution in [2.24, 2.45) is 0 Å². The van der Waals surface area contributed by atoms with Gasteiger partial charge in [0.25, 0.3) is 0 Å². The molecule has 0 fully saturated rings. The van der Waals surface area contributed by atoms with Crippen molar-refractivity contribution in [2.75, 3.05) is 55.1 Å². The molecule has 0 aromatic carbocycles. The lowest BCUT2D eigenvalue weighted by Gasteiger charge is -2.23. The van der Waals surface area contributed by atoms with Gasteiger partial charge in [0.15, 0.2) is 12.5 Å². The van der Waals surface area contributed by atoms with Crippen molar-refractivity contribution in [2.45, 2.75) is 0 Å². The number of rotatable bonds is 12. The van der Waals surface area contributed by atoms with Crippen LogP contribution in [0.1, 0.15) is 0 Å². The molecule has 0 N–H and O–H groups in total. The molecule has 0 spiro atoms. The lowest BCUT2D eigenvalue weighted by atomic mass is 10.5. The third-order valence-electron chi connectivity index (χ3n) is 3.00. The molecule has 0 aliphatic heterocycles. The van der Waals surface area contributed by atoms with Gasteiger partial charge in [-0.25, -0.2) is 9.59 Å². The van der Waals surface area contributed by atoms with Gasteiger partial charge in [-0.2, -0.15) is 0 Å². The maximum absolute atomic E-state index is 11.6. The van der Waals surface area contributed by atoms with E-state index in [-0.39, 0.29) is 12.5 Å². The number of ether oxygens (including phenoxy) is 2. The standard InChI is InChI=1S/C12H24O10Si2/c1-15-23(16-2,17-3)9-21-11(13)7-8-12(14)22-10-24(18-4,19-5)20-6/h7-8H,9-10H2,1-6H3/b8-7+. The zero-order chi connectivity index (χ0) is 18.6. The molecule has 0 saturated heterocycles. The minimum atomic E-state index is -3.03. The molecule has 0 atom stereocenters. The van der Waals surface area contributed by atoms with Gasteiger partial charge in [0.1, 0.15) is 0 Å². The Morgan fingerprint density at radius 2 is 0.875 bits per heavy atom. The fraction of sp³-hybridized carbons (Fsp3) is 0.667. The first kappa shape index (κ1) is 22.9. The first-order chi connectivity index (χ1) is 11.4. The van der Waals surface area contributed by atoms with E-state index in [2.05, 4.69) is 0 Å². The lowest BCUT2D eigenvalue weighted by molar-refractivity contribution is -0.140. The van der Waals surface area contributed by atoms with E-state index in [0.29, 0.717) is 0 Å². The van der Waals surface area contributed by atoms with E-state index in [1.807, 2.05) is 0 Å². The predicted octanol–water partition coefficient (Wildman–Crippen LogP) is -0.536. The van der Waals surface area contributed by atoms with Crippen LogP contribution in [0.3, 0.4) is 0 Å². The summed E-state index contributed by atoms with van der Waals surface area (Å²) in [5, 5.41) is 0. The van der Waals surface area contributed by atoms with E-state index in [1.165, 1.54) is 42.7 Å². The molecular formula is C12H24O10Si2. The van der Waals surface area contributed by atoms with E-state index < -0.39 is 29.5 Å². The molecule has 140 valence electrons. The van der Waals surface area contributed by atoms with Gasteiger partial charge >= 0.3 is 29.5 Å². The van der Waals surface area contributed by atoms with Crippen molar-refractivity contribution in [3.05, 3.63) is 12.2 Å². The number of esters is 2. The molecule has 0 amide bonds. The van der Waals surface area contributed by atoms with E-state index in [9.17, 15) is 9.59 Å². The second-order valence-corrected chi connectivity index (χ2v) is 9.90. The van der Waals surface area contributed by atoms with Gasteiger partial charge < -0.3 is 36.0 Å². The Hall–Kier alpha value is -1.13. The molecule has 0 heterocycles. The molecule has 0 aliphatic rings. The maximum Gasteiger partial charge on any atom is 0.539 e. The molecule has 0 rings (SSSR count). The van der Waals surface area contributed by atoms with Crippen molar-refractivity contribution in [1.82, 2.24) is 0 Å². The SMILES string of the molecule is CO[Si](COC(=O)/C=C/C(=O)OC[Si](OC)(OC)OC)(OC)OC. The Morgan fingerprint density at radius 3 is 1.08 bits per heavy atom. The predicted molar refractivity (Wildman–Crippen MR) is 84.6 cm³/mol. The maximum atomic E-state index is 11.6. The first-order valence-corrected chi connectivity index (χ1v) is 10.5. The first-order valence-electron chi connectivity index (χ1n) is 6.69. The average Bonchev–Trinajstić information content (AvgIpc) is 2.63. The summed E-state index contributed by atoms with van der Waals surface area (Å²) in [6, 6.07) is 0. The zero-order valence-corrected chi connectivity index (χ0v) is 16.7. The van der Waals surface area contributed by atoms with Crippen molar-refractivity contribution in [3.63, 3.8) is 0 Å². The summed E-state index contributed by atoms with van der Waals surface area (Å²) in [5.74, 6) is -1.55.